The van der Waals surface area contributed by atoms with Crippen LogP contribution in [0.4, 0.5) is 0 Å². The first-order chi connectivity index (χ1) is 9.81. The first-order valence-corrected chi connectivity index (χ1v) is 6.82. The highest BCUT2D eigenvalue weighted by Crippen LogP contribution is 2.14. The Kier molecular flexibility index (Phi) is 5.90. The molecule has 6 nitrogen and oxygen atoms in total. The number of nitrogens with one attached hydrogen (secondary N) is 3. The fraction of sp³-hybridized carbons (Fsp3) is 0.400. The van der Waals surface area contributed by atoms with E-state index in [0.717, 1.165) is 5.56 Å². The standard InChI is InChI=1S/C15H21N3O3/c1-9(2)11-5-7-12(8-6-11)13(19)17-18-15(21)14(20)16-10(3)4/h5-10H,1-4H3,(H,16,20)(H,17,19)(H,18,21). The van der Waals surface area contributed by atoms with Crippen LogP contribution in [-0.2, 0) is 9.59 Å². The molecule has 0 bridgehead atoms. The smallest absolute Gasteiger partial charge is 0.327 e. The molecule has 1 rings (SSSR count). The van der Waals surface area contributed by atoms with Crippen molar-refractivity contribution in [3.8, 4) is 0 Å². The van der Waals surface area contributed by atoms with Crippen LogP contribution in [0.15, 0.2) is 24.3 Å². The topological polar surface area (TPSA) is 87.3 Å². The number of benzene rings is 1. The Morgan fingerprint density at radius 1 is 0.857 bits per heavy atom. The number of amides is 3. The number of hydrazine groups is 1. The summed E-state index contributed by atoms with van der Waals surface area (Å²) in [5, 5.41) is 2.42. The Bertz CT molecular complexity index is 521. The highest BCUT2D eigenvalue weighted by Gasteiger charge is 2.15. The summed E-state index contributed by atoms with van der Waals surface area (Å²) in [4.78, 5) is 34.6. The zero-order chi connectivity index (χ0) is 16.0. The van der Waals surface area contributed by atoms with Crippen molar-refractivity contribution in [1.29, 1.82) is 0 Å². The van der Waals surface area contributed by atoms with Crippen molar-refractivity contribution in [3.05, 3.63) is 35.4 Å². The lowest BCUT2D eigenvalue weighted by molar-refractivity contribution is -0.139. The van der Waals surface area contributed by atoms with Crippen LogP contribution in [0.3, 0.4) is 0 Å². The third kappa shape index (κ3) is 5.25. The summed E-state index contributed by atoms with van der Waals surface area (Å²) >= 11 is 0. The molecule has 0 saturated carbocycles. The molecule has 6 heteroatoms. The van der Waals surface area contributed by atoms with Crippen molar-refractivity contribution in [1.82, 2.24) is 16.2 Å². The maximum atomic E-state index is 11.8. The second kappa shape index (κ2) is 7.42. The van der Waals surface area contributed by atoms with Gasteiger partial charge in [0.05, 0.1) is 0 Å². The maximum absolute atomic E-state index is 11.8. The summed E-state index contributed by atoms with van der Waals surface area (Å²) in [6.07, 6.45) is 0. The molecular weight excluding hydrogens is 270 g/mol. The molecule has 1 aromatic carbocycles. The van der Waals surface area contributed by atoms with Crippen molar-refractivity contribution in [2.45, 2.75) is 39.7 Å². The van der Waals surface area contributed by atoms with Gasteiger partial charge in [-0.1, -0.05) is 26.0 Å². The van der Waals surface area contributed by atoms with Crippen LogP contribution < -0.4 is 16.2 Å². The summed E-state index contributed by atoms with van der Waals surface area (Å²) in [7, 11) is 0. The van der Waals surface area contributed by atoms with Gasteiger partial charge in [-0.05, 0) is 37.5 Å². The minimum Gasteiger partial charge on any atom is -0.346 e. The largest absolute Gasteiger partial charge is 0.346 e. The zero-order valence-corrected chi connectivity index (χ0v) is 12.7. The third-order valence-corrected chi connectivity index (χ3v) is 2.76. The van der Waals surface area contributed by atoms with Gasteiger partial charge in [-0.2, -0.15) is 0 Å². The lowest BCUT2D eigenvalue weighted by Gasteiger charge is -2.10. The van der Waals surface area contributed by atoms with Gasteiger partial charge in [0.1, 0.15) is 0 Å². The lowest BCUT2D eigenvalue weighted by atomic mass is 10.0. The molecule has 0 unspecified atom stereocenters. The van der Waals surface area contributed by atoms with Crippen LogP contribution in [0.25, 0.3) is 0 Å². The maximum Gasteiger partial charge on any atom is 0.327 e. The van der Waals surface area contributed by atoms with E-state index in [0.29, 0.717) is 11.5 Å². The second-order valence-electron chi connectivity index (χ2n) is 5.31. The predicted molar refractivity (Wildman–Crippen MR) is 79.4 cm³/mol. The molecule has 0 aliphatic heterocycles. The zero-order valence-electron chi connectivity index (χ0n) is 12.7. The summed E-state index contributed by atoms with van der Waals surface area (Å²) in [5.41, 5.74) is 5.80. The molecule has 0 aromatic heterocycles. The third-order valence-electron chi connectivity index (χ3n) is 2.76. The quantitative estimate of drug-likeness (QED) is 0.575. The Morgan fingerprint density at radius 3 is 1.90 bits per heavy atom. The van der Waals surface area contributed by atoms with E-state index in [1.54, 1.807) is 26.0 Å². The van der Waals surface area contributed by atoms with Crippen molar-refractivity contribution < 1.29 is 14.4 Å². The van der Waals surface area contributed by atoms with E-state index in [1.807, 2.05) is 12.1 Å². The van der Waals surface area contributed by atoms with Crippen molar-refractivity contribution in [2.75, 3.05) is 0 Å². The van der Waals surface area contributed by atoms with Crippen LogP contribution >= 0.6 is 0 Å². The number of carbonyl (C=O) groups is 3. The van der Waals surface area contributed by atoms with E-state index in [4.69, 9.17) is 0 Å². The van der Waals surface area contributed by atoms with Crippen LogP contribution in [0, 0.1) is 0 Å². The molecular formula is C15H21N3O3. The molecule has 3 N–H and O–H groups in total. The van der Waals surface area contributed by atoms with Gasteiger partial charge in [-0.3, -0.25) is 25.2 Å². The number of rotatable bonds is 3. The molecule has 1 aromatic rings. The minimum absolute atomic E-state index is 0.150. The first-order valence-electron chi connectivity index (χ1n) is 6.82. The van der Waals surface area contributed by atoms with E-state index in [1.165, 1.54) is 0 Å². The molecule has 0 spiro atoms. The van der Waals surface area contributed by atoms with E-state index in [-0.39, 0.29) is 6.04 Å². The normalized spacial score (nSPS) is 10.4. The molecule has 0 atom stereocenters. The molecule has 0 radical (unpaired) electrons. The van der Waals surface area contributed by atoms with Gasteiger partial charge < -0.3 is 5.32 Å². The highest BCUT2D eigenvalue weighted by molar-refractivity contribution is 6.35. The van der Waals surface area contributed by atoms with Gasteiger partial charge in [0.15, 0.2) is 0 Å². The van der Waals surface area contributed by atoms with Crippen LogP contribution in [0.5, 0.6) is 0 Å². The SMILES string of the molecule is CC(C)NC(=O)C(=O)NNC(=O)c1ccc(C(C)C)cc1. The molecule has 0 aliphatic rings. The lowest BCUT2D eigenvalue weighted by Crippen LogP contribution is -2.49. The van der Waals surface area contributed by atoms with Crippen LogP contribution in [0.1, 0.15) is 49.5 Å². The summed E-state index contributed by atoms with van der Waals surface area (Å²) in [6.45, 7) is 7.59. The van der Waals surface area contributed by atoms with Crippen LogP contribution in [0.2, 0.25) is 0 Å². The van der Waals surface area contributed by atoms with Crippen molar-refractivity contribution >= 4 is 17.7 Å². The van der Waals surface area contributed by atoms with Crippen molar-refractivity contribution in [2.24, 2.45) is 0 Å². The summed E-state index contributed by atoms with van der Waals surface area (Å²) < 4.78 is 0. The Morgan fingerprint density at radius 2 is 1.43 bits per heavy atom. The first kappa shape index (κ1) is 16.7. The van der Waals surface area contributed by atoms with E-state index < -0.39 is 17.7 Å². The Labute approximate surface area is 124 Å². The fourth-order valence-corrected chi connectivity index (χ4v) is 1.59. The van der Waals surface area contributed by atoms with Gasteiger partial charge in [0, 0.05) is 11.6 Å². The number of hydrogen-bond donors (Lipinski definition) is 3. The monoisotopic (exact) mass is 291 g/mol. The van der Waals surface area contributed by atoms with Crippen LogP contribution in [-0.4, -0.2) is 23.8 Å². The predicted octanol–water partition coefficient (Wildman–Crippen LogP) is 1.10. The molecule has 0 aliphatic carbocycles. The summed E-state index contributed by atoms with van der Waals surface area (Å²) in [6, 6.07) is 6.90. The van der Waals surface area contributed by atoms with Crippen molar-refractivity contribution in [3.63, 3.8) is 0 Å². The number of hydrogen-bond acceptors (Lipinski definition) is 3. The van der Waals surface area contributed by atoms with Gasteiger partial charge in [-0.15, -0.1) is 0 Å². The van der Waals surface area contributed by atoms with Gasteiger partial charge in [-0.25, -0.2) is 0 Å². The molecule has 3 amide bonds. The average molecular weight is 291 g/mol. The van der Waals surface area contributed by atoms with Gasteiger partial charge in [0.25, 0.3) is 5.91 Å². The Hall–Kier alpha value is -2.37. The van der Waals surface area contributed by atoms with E-state index >= 15 is 0 Å². The molecule has 0 fully saturated rings. The molecule has 21 heavy (non-hydrogen) atoms. The Balaban J connectivity index is 2.54. The van der Waals surface area contributed by atoms with Gasteiger partial charge in [0.2, 0.25) is 0 Å². The molecule has 0 heterocycles. The number of carbonyl (C=O) groups excluding carboxylic acids is 3. The average Bonchev–Trinajstić information content (AvgIpc) is 2.43. The minimum atomic E-state index is -0.907. The van der Waals surface area contributed by atoms with E-state index in [9.17, 15) is 14.4 Å². The second-order valence-corrected chi connectivity index (χ2v) is 5.31. The summed E-state index contributed by atoms with van der Waals surface area (Å²) in [5.74, 6) is -1.80. The molecule has 0 saturated heterocycles. The van der Waals surface area contributed by atoms with E-state index in [2.05, 4.69) is 30.0 Å². The molecule has 114 valence electrons. The van der Waals surface area contributed by atoms with Gasteiger partial charge >= 0.3 is 11.8 Å². The highest BCUT2D eigenvalue weighted by atomic mass is 16.2. The fourth-order valence-electron chi connectivity index (χ4n) is 1.59.